The van der Waals surface area contributed by atoms with Crippen molar-refractivity contribution >= 4 is 28.5 Å². The fourth-order valence-corrected chi connectivity index (χ4v) is 1.95. The quantitative estimate of drug-likeness (QED) is 0.531. The van der Waals surface area contributed by atoms with E-state index in [1.54, 1.807) is 0 Å². The molecule has 8 heteroatoms. The van der Waals surface area contributed by atoms with E-state index in [1.165, 1.54) is 6.21 Å². The Bertz CT molecular complexity index is 430. The summed E-state index contributed by atoms with van der Waals surface area (Å²) >= 11 is 0. The van der Waals surface area contributed by atoms with Crippen molar-refractivity contribution in [3.05, 3.63) is 11.3 Å². The van der Waals surface area contributed by atoms with Crippen molar-refractivity contribution in [3.63, 3.8) is 0 Å². The van der Waals surface area contributed by atoms with Gasteiger partial charge in [-0.05, 0) is 0 Å². The van der Waals surface area contributed by atoms with Crippen molar-refractivity contribution in [2.24, 2.45) is 10.7 Å². The molecule has 1 atom stereocenters. The summed E-state index contributed by atoms with van der Waals surface area (Å²) in [7, 11) is -3.46. The number of sulfone groups is 1. The third-order valence-corrected chi connectivity index (χ3v) is 3.65. The predicted octanol–water partition coefficient (Wildman–Crippen LogP) is -1.45. The third-order valence-electron chi connectivity index (χ3n) is 2.31. The number of nitrogens with zero attached hydrogens (tertiary/aromatic N) is 1. The van der Waals surface area contributed by atoms with Crippen LogP contribution in [0.5, 0.6) is 0 Å². The van der Waals surface area contributed by atoms with E-state index in [1.807, 2.05) is 0 Å². The first-order valence-electron chi connectivity index (χ1n) is 4.17. The van der Waals surface area contributed by atoms with Crippen molar-refractivity contribution < 1.29 is 8.42 Å². The van der Waals surface area contributed by atoms with Crippen LogP contribution < -0.4 is 16.4 Å². The first kappa shape index (κ1) is 12.4. The van der Waals surface area contributed by atoms with Crippen LogP contribution in [-0.2, 0) is 9.84 Å². The number of nitrogens with two attached hydrogens (primary N) is 1. The second-order valence-corrected chi connectivity index (χ2v) is 5.63. The van der Waals surface area contributed by atoms with Crippen LogP contribution in [0.25, 0.3) is 0 Å². The second kappa shape index (κ2) is 3.75. The van der Waals surface area contributed by atoms with Crippen molar-refractivity contribution in [1.82, 2.24) is 10.6 Å². The normalized spacial score (nSPS) is 29.5. The first-order valence-corrected chi connectivity index (χ1v) is 6.06. The smallest absolute Gasteiger partial charge is 0.287 e. The molecular weight excluding hydrogens is 240 g/mol. The van der Waals surface area contributed by atoms with E-state index in [2.05, 4.69) is 15.6 Å². The topological polar surface area (TPSA) is 96.6 Å². The molecule has 2 aliphatic heterocycles. The van der Waals surface area contributed by atoms with Gasteiger partial charge in [0.25, 0.3) is 5.12 Å². The molecule has 4 N–H and O–H groups in total. The molecule has 2 aliphatic rings. The Hall–Kier alpha value is -0.630. The maximum absolute atomic E-state index is 11.4. The van der Waals surface area contributed by atoms with E-state index in [4.69, 9.17) is 5.73 Å². The van der Waals surface area contributed by atoms with E-state index in [0.717, 1.165) is 17.5 Å². The van der Waals surface area contributed by atoms with Gasteiger partial charge in [0.1, 0.15) is 0 Å². The summed E-state index contributed by atoms with van der Waals surface area (Å²) in [5, 5.41) is 4.12. The standard InChI is InChI=1S/C7H12N4O2S.ClH/c1-14(12,13)7(8)10-3-5-2-9-4-6(5)11-7;/h3,9,11H,2,4,8H2,1H3;1H. The maximum Gasteiger partial charge on any atom is 0.287 e. The molecule has 0 aromatic rings. The van der Waals surface area contributed by atoms with E-state index in [-0.39, 0.29) is 12.4 Å². The highest BCUT2D eigenvalue weighted by molar-refractivity contribution is 7.92. The molecule has 0 fully saturated rings. The van der Waals surface area contributed by atoms with E-state index in [0.29, 0.717) is 13.1 Å². The van der Waals surface area contributed by atoms with Crippen molar-refractivity contribution in [2.75, 3.05) is 19.3 Å². The average Bonchev–Trinajstić information content (AvgIpc) is 2.48. The number of hydrogen-bond acceptors (Lipinski definition) is 6. The van der Waals surface area contributed by atoms with Crippen LogP contribution in [0.1, 0.15) is 0 Å². The SMILES string of the molecule is CS(=O)(=O)C1(N)N=CC2=C(CNC2)N1.Cl. The van der Waals surface area contributed by atoms with Gasteiger partial charge in [-0.25, -0.2) is 13.4 Å². The average molecular weight is 253 g/mol. The molecular formula is C7H13ClN4O2S. The van der Waals surface area contributed by atoms with Crippen molar-refractivity contribution in [2.45, 2.75) is 5.12 Å². The fourth-order valence-electron chi connectivity index (χ4n) is 1.40. The third kappa shape index (κ3) is 2.00. The lowest BCUT2D eigenvalue weighted by molar-refractivity contribution is 0.482. The molecule has 0 amide bonds. The molecule has 0 aromatic heterocycles. The molecule has 0 saturated heterocycles. The second-order valence-electron chi connectivity index (χ2n) is 3.46. The Labute approximate surface area is 94.3 Å². The molecule has 15 heavy (non-hydrogen) atoms. The molecule has 2 rings (SSSR count). The minimum absolute atomic E-state index is 0. The minimum Gasteiger partial charge on any atom is -0.338 e. The molecule has 0 aromatic carbocycles. The monoisotopic (exact) mass is 252 g/mol. The van der Waals surface area contributed by atoms with Gasteiger partial charge in [-0.3, -0.25) is 5.73 Å². The van der Waals surface area contributed by atoms with Gasteiger partial charge in [0.15, 0.2) is 0 Å². The highest BCUT2D eigenvalue weighted by Crippen LogP contribution is 2.18. The molecule has 0 radical (unpaired) electrons. The van der Waals surface area contributed by atoms with Crippen molar-refractivity contribution in [1.29, 1.82) is 0 Å². The largest absolute Gasteiger partial charge is 0.338 e. The summed E-state index contributed by atoms with van der Waals surface area (Å²) in [6, 6.07) is 0. The highest BCUT2D eigenvalue weighted by Gasteiger charge is 2.39. The van der Waals surface area contributed by atoms with E-state index in [9.17, 15) is 8.42 Å². The molecule has 0 aliphatic carbocycles. The van der Waals surface area contributed by atoms with Crippen LogP contribution in [0.2, 0.25) is 0 Å². The Morgan fingerprint density at radius 1 is 1.53 bits per heavy atom. The number of nitrogens with one attached hydrogen (secondary N) is 2. The number of rotatable bonds is 1. The zero-order valence-electron chi connectivity index (χ0n) is 8.15. The maximum atomic E-state index is 11.4. The number of aliphatic imine (C=N–C) groups is 1. The Kier molecular flexibility index (Phi) is 3.11. The van der Waals surface area contributed by atoms with Gasteiger partial charge in [-0.15, -0.1) is 12.4 Å². The van der Waals surface area contributed by atoms with E-state index >= 15 is 0 Å². The molecule has 0 bridgehead atoms. The highest BCUT2D eigenvalue weighted by atomic mass is 35.5. The molecule has 1 unspecified atom stereocenters. The molecule has 86 valence electrons. The summed E-state index contributed by atoms with van der Waals surface area (Å²) in [6.45, 7) is 1.31. The van der Waals surface area contributed by atoms with Crippen LogP contribution in [0.3, 0.4) is 0 Å². The van der Waals surface area contributed by atoms with Crippen LogP contribution >= 0.6 is 12.4 Å². The molecule has 0 spiro atoms. The predicted molar refractivity (Wildman–Crippen MR) is 60.5 cm³/mol. The van der Waals surface area contributed by atoms with Crippen LogP contribution in [0.15, 0.2) is 16.3 Å². The van der Waals surface area contributed by atoms with Gasteiger partial charge in [0.2, 0.25) is 9.84 Å². The van der Waals surface area contributed by atoms with Gasteiger partial charge < -0.3 is 10.6 Å². The Morgan fingerprint density at radius 2 is 2.20 bits per heavy atom. The van der Waals surface area contributed by atoms with Gasteiger partial charge in [0, 0.05) is 36.8 Å². The lowest BCUT2D eigenvalue weighted by Crippen LogP contribution is -2.58. The lowest BCUT2D eigenvalue weighted by atomic mass is 10.2. The summed E-state index contributed by atoms with van der Waals surface area (Å²) in [4.78, 5) is 3.83. The summed E-state index contributed by atoms with van der Waals surface area (Å²) in [5.41, 5.74) is 7.41. The number of hydrogen-bond donors (Lipinski definition) is 3. The summed E-state index contributed by atoms with van der Waals surface area (Å²) < 4.78 is 22.7. The molecule has 6 nitrogen and oxygen atoms in total. The van der Waals surface area contributed by atoms with Crippen LogP contribution in [-0.4, -0.2) is 39.1 Å². The Balaban J connectivity index is 0.00000112. The van der Waals surface area contributed by atoms with Crippen molar-refractivity contribution in [3.8, 4) is 0 Å². The zero-order valence-corrected chi connectivity index (χ0v) is 9.78. The minimum atomic E-state index is -3.46. The van der Waals surface area contributed by atoms with Gasteiger partial charge in [-0.1, -0.05) is 0 Å². The zero-order chi connectivity index (χ0) is 10.4. The van der Waals surface area contributed by atoms with Gasteiger partial charge in [0.05, 0.1) is 0 Å². The van der Waals surface area contributed by atoms with Crippen LogP contribution in [0, 0.1) is 0 Å². The Morgan fingerprint density at radius 3 is 2.80 bits per heavy atom. The van der Waals surface area contributed by atoms with Gasteiger partial charge >= 0.3 is 0 Å². The summed E-state index contributed by atoms with van der Waals surface area (Å²) in [6.07, 6.45) is 2.58. The summed E-state index contributed by atoms with van der Waals surface area (Å²) in [5.74, 6) is 0. The lowest BCUT2D eigenvalue weighted by Gasteiger charge is -2.28. The van der Waals surface area contributed by atoms with E-state index < -0.39 is 15.0 Å². The van der Waals surface area contributed by atoms with Crippen LogP contribution in [0.4, 0.5) is 0 Å². The van der Waals surface area contributed by atoms with Gasteiger partial charge in [-0.2, -0.15) is 0 Å². The number of halogens is 1. The molecule has 2 heterocycles. The molecule has 0 saturated carbocycles. The first-order chi connectivity index (χ1) is 6.42. The fraction of sp³-hybridized carbons (Fsp3) is 0.571.